The van der Waals surface area contributed by atoms with Gasteiger partial charge in [-0.15, -0.1) is 0 Å². The molecule has 1 aromatic rings. The number of hydrogen-bond acceptors (Lipinski definition) is 5. The van der Waals surface area contributed by atoms with Gasteiger partial charge in [-0.05, 0) is 13.3 Å². The minimum Gasteiger partial charge on any atom is -0.428 e. The average molecular weight is 253 g/mol. The number of anilines is 1. The fraction of sp³-hybridized carbons (Fsp3) is 0.538. The molecule has 0 radical (unpaired) electrons. The molecular weight excluding hydrogens is 234 g/mol. The normalized spacial score (nSPS) is 12.2. The topological polar surface area (TPSA) is 79.5 Å². The monoisotopic (exact) mass is 253 g/mol. The second kappa shape index (κ2) is 6.35. The number of aliphatic hydroxyl groups is 1. The number of aryl methyl sites for hydroxylation is 1. The molecule has 2 N–H and O–H groups in total. The summed E-state index contributed by atoms with van der Waals surface area (Å²) in [5.41, 5.74) is -0.149. The predicted molar refractivity (Wildman–Crippen MR) is 69.1 cm³/mol. The van der Waals surface area contributed by atoms with Crippen molar-refractivity contribution in [2.75, 3.05) is 11.9 Å². The number of carbonyl (C=O) groups excluding carboxylic acids is 1. The summed E-state index contributed by atoms with van der Waals surface area (Å²) in [7, 11) is 0. The molecule has 1 atom stereocenters. The van der Waals surface area contributed by atoms with Crippen molar-refractivity contribution in [1.29, 1.82) is 0 Å². The van der Waals surface area contributed by atoms with E-state index in [1.807, 2.05) is 6.92 Å². The molecule has 0 spiro atoms. The third-order valence-electron chi connectivity index (χ3n) is 2.75. The lowest BCUT2D eigenvalue weighted by atomic mass is 10.1. The molecule has 0 aliphatic rings. The van der Waals surface area contributed by atoms with E-state index in [4.69, 9.17) is 9.52 Å². The molecule has 0 fully saturated rings. The van der Waals surface area contributed by atoms with Crippen molar-refractivity contribution in [3.63, 3.8) is 0 Å². The van der Waals surface area contributed by atoms with Crippen molar-refractivity contribution in [3.8, 4) is 0 Å². The molecule has 5 heteroatoms. The molecule has 0 aliphatic heterocycles. The number of hydrogen-bond donors (Lipinski definition) is 2. The van der Waals surface area contributed by atoms with Gasteiger partial charge in [0, 0.05) is 18.5 Å². The summed E-state index contributed by atoms with van der Waals surface area (Å²) in [5.74, 6) is 0.169. The molecule has 0 aliphatic carbocycles. The number of aliphatic hydroxyl groups excluding tert-OH is 1. The summed E-state index contributed by atoms with van der Waals surface area (Å²) in [4.78, 5) is 23.5. The zero-order chi connectivity index (χ0) is 13.7. The maximum atomic E-state index is 11.8. The zero-order valence-electron chi connectivity index (χ0n) is 10.9. The second-order valence-electron chi connectivity index (χ2n) is 4.14. The molecule has 0 unspecified atom stereocenters. The van der Waals surface area contributed by atoms with E-state index in [1.165, 1.54) is 0 Å². The van der Waals surface area contributed by atoms with Crippen LogP contribution in [0.15, 0.2) is 15.3 Å². The first-order valence-corrected chi connectivity index (χ1v) is 6.08. The Balaban J connectivity index is 3.23. The molecule has 0 amide bonds. The van der Waals surface area contributed by atoms with Gasteiger partial charge in [0.25, 0.3) is 0 Å². The lowest BCUT2D eigenvalue weighted by molar-refractivity contribution is 0.0984. The lowest BCUT2D eigenvalue weighted by Crippen LogP contribution is -2.26. The van der Waals surface area contributed by atoms with Gasteiger partial charge < -0.3 is 14.8 Å². The van der Waals surface area contributed by atoms with Crippen LogP contribution in [-0.4, -0.2) is 23.5 Å². The Labute approximate surface area is 106 Å². The van der Waals surface area contributed by atoms with E-state index in [0.29, 0.717) is 17.9 Å². The van der Waals surface area contributed by atoms with E-state index >= 15 is 0 Å². The molecule has 0 saturated carbocycles. The Morgan fingerprint density at radius 2 is 2.17 bits per heavy atom. The summed E-state index contributed by atoms with van der Waals surface area (Å²) < 4.78 is 4.94. The van der Waals surface area contributed by atoms with Crippen LogP contribution in [0.5, 0.6) is 0 Å². The van der Waals surface area contributed by atoms with Crippen molar-refractivity contribution in [2.45, 2.75) is 39.7 Å². The van der Waals surface area contributed by atoms with Gasteiger partial charge in [-0.2, -0.15) is 0 Å². The highest BCUT2D eigenvalue weighted by atomic mass is 16.4. The van der Waals surface area contributed by atoms with Crippen molar-refractivity contribution >= 4 is 11.5 Å². The standard InChI is InChI=1S/C13H19NO4/c1-4-9(7-15)14-10-6-8(3)18-13(17)12(10)11(16)5-2/h6,9,14-15H,4-5,7H2,1-3H3/t9-/m0/s1. The third-order valence-corrected chi connectivity index (χ3v) is 2.75. The van der Waals surface area contributed by atoms with Crippen LogP contribution in [0.1, 0.15) is 42.8 Å². The summed E-state index contributed by atoms with van der Waals surface area (Å²) in [6.07, 6.45) is 0.925. The molecule has 1 rings (SSSR count). The smallest absolute Gasteiger partial charge is 0.348 e. The van der Waals surface area contributed by atoms with Crippen molar-refractivity contribution < 1.29 is 14.3 Å². The Morgan fingerprint density at radius 3 is 2.67 bits per heavy atom. The van der Waals surface area contributed by atoms with Gasteiger partial charge in [0.05, 0.1) is 12.3 Å². The van der Waals surface area contributed by atoms with Gasteiger partial charge in [-0.1, -0.05) is 13.8 Å². The first-order valence-electron chi connectivity index (χ1n) is 6.08. The SMILES string of the molecule is CCC(=O)c1c(N[C@@H](CC)CO)cc(C)oc1=O. The molecule has 100 valence electrons. The number of rotatable bonds is 6. The fourth-order valence-electron chi connectivity index (χ4n) is 1.66. The highest BCUT2D eigenvalue weighted by Gasteiger charge is 2.18. The molecule has 0 saturated heterocycles. The Bertz CT molecular complexity index is 474. The van der Waals surface area contributed by atoms with E-state index in [1.54, 1.807) is 19.9 Å². The Morgan fingerprint density at radius 1 is 1.50 bits per heavy atom. The largest absolute Gasteiger partial charge is 0.428 e. The maximum Gasteiger partial charge on any atom is 0.348 e. The minimum atomic E-state index is -0.628. The van der Waals surface area contributed by atoms with Crippen LogP contribution in [0.25, 0.3) is 0 Å². The van der Waals surface area contributed by atoms with Crippen LogP contribution >= 0.6 is 0 Å². The number of ketones is 1. The quantitative estimate of drug-likeness (QED) is 0.755. The van der Waals surface area contributed by atoms with Gasteiger partial charge in [-0.25, -0.2) is 4.79 Å². The summed E-state index contributed by atoms with van der Waals surface area (Å²) in [6, 6.07) is 1.43. The number of Topliss-reactive ketones (excluding diaryl/α,β-unsaturated/α-hetero) is 1. The van der Waals surface area contributed by atoms with E-state index < -0.39 is 5.63 Å². The number of nitrogens with one attached hydrogen (secondary N) is 1. The van der Waals surface area contributed by atoms with E-state index in [0.717, 1.165) is 0 Å². The van der Waals surface area contributed by atoms with Gasteiger partial charge in [0.1, 0.15) is 11.3 Å². The zero-order valence-corrected chi connectivity index (χ0v) is 10.9. The van der Waals surface area contributed by atoms with E-state index in [-0.39, 0.29) is 30.4 Å². The van der Waals surface area contributed by atoms with Crippen LogP contribution in [-0.2, 0) is 0 Å². The summed E-state index contributed by atoms with van der Waals surface area (Å²) in [6.45, 7) is 5.18. The fourth-order valence-corrected chi connectivity index (χ4v) is 1.66. The van der Waals surface area contributed by atoms with E-state index in [2.05, 4.69) is 5.32 Å². The Hall–Kier alpha value is -1.62. The molecule has 1 aromatic heterocycles. The van der Waals surface area contributed by atoms with Gasteiger partial charge in [0.15, 0.2) is 5.78 Å². The molecule has 18 heavy (non-hydrogen) atoms. The lowest BCUT2D eigenvalue weighted by Gasteiger charge is -2.17. The molecule has 5 nitrogen and oxygen atoms in total. The predicted octanol–water partition coefficient (Wildman–Crippen LogP) is 1.72. The molecule has 0 bridgehead atoms. The minimum absolute atomic E-state index is 0.0370. The van der Waals surface area contributed by atoms with Crippen LogP contribution in [0.2, 0.25) is 0 Å². The molecule has 1 heterocycles. The van der Waals surface area contributed by atoms with Crippen molar-refractivity contribution in [1.82, 2.24) is 0 Å². The van der Waals surface area contributed by atoms with Crippen LogP contribution in [0, 0.1) is 6.92 Å². The van der Waals surface area contributed by atoms with Gasteiger partial charge in [0.2, 0.25) is 0 Å². The van der Waals surface area contributed by atoms with E-state index in [9.17, 15) is 9.59 Å². The average Bonchev–Trinajstić information content (AvgIpc) is 2.34. The molecule has 0 aromatic carbocycles. The molecular formula is C13H19NO4. The highest BCUT2D eigenvalue weighted by molar-refractivity contribution is 6.00. The van der Waals surface area contributed by atoms with Crippen LogP contribution < -0.4 is 10.9 Å². The first kappa shape index (κ1) is 14.4. The summed E-state index contributed by atoms with van der Waals surface area (Å²) in [5, 5.41) is 12.2. The summed E-state index contributed by atoms with van der Waals surface area (Å²) >= 11 is 0. The van der Waals surface area contributed by atoms with Gasteiger partial charge >= 0.3 is 5.63 Å². The highest BCUT2D eigenvalue weighted by Crippen LogP contribution is 2.17. The number of carbonyl (C=O) groups is 1. The third kappa shape index (κ3) is 3.20. The van der Waals surface area contributed by atoms with Gasteiger partial charge in [-0.3, -0.25) is 4.79 Å². The van der Waals surface area contributed by atoms with Crippen molar-refractivity contribution in [2.24, 2.45) is 0 Å². The van der Waals surface area contributed by atoms with Crippen LogP contribution in [0.3, 0.4) is 0 Å². The second-order valence-corrected chi connectivity index (χ2v) is 4.14. The first-order chi connectivity index (χ1) is 8.53. The Kier molecular flexibility index (Phi) is 5.09. The van der Waals surface area contributed by atoms with Crippen molar-refractivity contribution in [3.05, 3.63) is 27.8 Å². The maximum absolute atomic E-state index is 11.8. The van der Waals surface area contributed by atoms with Crippen LogP contribution in [0.4, 0.5) is 5.69 Å².